The Hall–Kier alpha value is -1.61. The maximum atomic E-state index is 5.46. The summed E-state index contributed by atoms with van der Waals surface area (Å²) in [5.74, 6) is 0.896. The van der Waals surface area contributed by atoms with Gasteiger partial charge >= 0.3 is 0 Å². The predicted octanol–water partition coefficient (Wildman–Crippen LogP) is 2.57. The first kappa shape index (κ1) is 9.60. The Bertz CT molecular complexity index is 458. The molecule has 1 N–H and O–H groups in total. The molecule has 0 spiro atoms. The summed E-state index contributed by atoms with van der Waals surface area (Å²) < 4.78 is 5.46. The summed E-state index contributed by atoms with van der Waals surface area (Å²) in [6.07, 6.45) is 8.81. The van der Waals surface area contributed by atoms with Crippen LogP contribution in [-0.2, 0) is 0 Å². The first-order chi connectivity index (χ1) is 7.95. The Kier molecular flexibility index (Phi) is 2.46. The number of pyridine rings is 1. The van der Waals surface area contributed by atoms with Crippen molar-refractivity contribution >= 4 is 0 Å². The molecular weight excluding hydrogens is 200 g/mol. The number of nitrogens with zero attached hydrogens (tertiary/aromatic N) is 1. The molecule has 0 bridgehead atoms. The summed E-state index contributed by atoms with van der Waals surface area (Å²) in [4.78, 5) is 4.11. The molecule has 3 nitrogen and oxygen atoms in total. The van der Waals surface area contributed by atoms with Crippen LogP contribution in [0.5, 0.6) is 0 Å². The van der Waals surface area contributed by atoms with E-state index in [2.05, 4.69) is 16.6 Å². The van der Waals surface area contributed by atoms with Gasteiger partial charge < -0.3 is 9.73 Å². The van der Waals surface area contributed by atoms with Gasteiger partial charge in [-0.3, -0.25) is 4.98 Å². The molecule has 3 heteroatoms. The first-order valence-electron chi connectivity index (χ1n) is 5.59. The number of furan rings is 1. The van der Waals surface area contributed by atoms with Gasteiger partial charge in [-0.1, -0.05) is 0 Å². The van der Waals surface area contributed by atoms with E-state index in [1.807, 2.05) is 24.4 Å². The Morgan fingerprint density at radius 3 is 3.25 bits per heavy atom. The van der Waals surface area contributed by atoms with E-state index >= 15 is 0 Å². The summed E-state index contributed by atoms with van der Waals surface area (Å²) in [5, 5.41) is 3.47. The summed E-state index contributed by atoms with van der Waals surface area (Å²) in [5.41, 5.74) is 2.22. The molecule has 0 saturated carbocycles. The van der Waals surface area contributed by atoms with Crippen molar-refractivity contribution in [3.05, 3.63) is 42.4 Å². The third-order valence-electron chi connectivity index (χ3n) is 3.00. The summed E-state index contributed by atoms with van der Waals surface area (Å²) in [6, 6.07) is 6.28. The van der Waals surface area contributed by atoms with Crippen LogP contribution in [0.3, 0.4) is 0 Å². The number of rotatable bonds is 2. The number of nitrogens with one attached hydrogen (secondary N) is 1. The SMILES string of the molecule is [c]1cc([C@@H]2CCCN2)c(-c2cccnc2)o1. The quantitative estimate of drug-likeness (QED) is 0.833. The normalized spacial score (nSPS) is 20.1. The zero-order valence-electron chi connectivity index (χ0n) is 8.94. The van der Waals surface area contributed by atoms with Crippen molar-refractivity contribution in [2.45, 2.75) is 18.9 Å². The molecule has 0 amide bonds. The molecule has 0 unspecified atom stereocenters. The molecule has 0 aliphatic carbocycles. The predicted molar refractivity (Wildman–Crippen MR) is 60.8 cm³/mol. The zero-order valence-corrected chi connectivity index (χ0v) is 8.94. The monoisotopic (exact) mass is 213 g/mol. The minimum Gasteiger partial charge on any atom is -0.452 e. The molecule has 81 valence electrons. The molecule has 1 aliphatic rings. The third kappa shape index (κ3) is 1.63. The molecule has 0 aromatic carbocycles. The van der Waals surface area contributed by atoms with Gasteiger partial charge in [0.05, 0.1) is 0 Å². The van der Waals surface area contributed by atoms with Crippen molar-refractivity contribution in [2.24, 2.45) is 0 Å². The van der Waals surface area contributed by atoms with Crippen LogP contribution >= 0.6 is 0 Å². The average molecular weight is 213 g/mol. The van der Waals surface area contributed by atoms with Crippen molar-refractivity contribution in [1.82, 2.24) is 10.3 Å². The fourth-order valence-electron chi connectivity index (χ4n) is 2.21. The van der Waals surface area contributed by atoms with Gasteiger partial charge in [-0.05, 0) is 37.6 Å². The van der Waals surface area contributed by atoms with Gasteiger partial charge in [-0.25, -0.2) is 0 Å². The molecule has 2 aromatic heterocycles. The van der Waals surface area contributed by atoms with E-state index in [1.54, 1.807) is 6.20 Å². The minimum atomic E-state index is 0.408. The molecule has 3 heterocycles. The molecule has 1 saturated heterocycles. The van der Waals surface area contributed by atoms with Crippen LogP contribution in [0.1, 0.15) is 24.4 Å². The van der Waals surface area contributed by atoms with Crippen molar-refractivity contribution in [3.8, 4) is 11.3 Å². The van der Waals surface area contributed by atoms with E-state index in [4.69, 9.17) is 4.42 Å². The number of hydrogen-bond donors (Lipinski definition) is 1. The maximum Gasteiger partial charge on any atom is 0.170 e. The third-order valence-corrected chi connectivity index (χ3v) is 3.00. The largest absolute Gasteiger partial charge is 0.452 e. The Morgan fingerprint density at radius 1 is 1.50 bits per heavy atom. The lowest BCUT2D eigenvalue weighted by molar-refractivity contribution is 0.561. The zero-order chi connectivity index (χ0) is 10.8. The van der Waals surface area contributed by atoms with Gasteiger partial charge in [0.1, 0.15) is 5.76 Å². The fraction of sp³-hybridized carbons (Fsp3) is 0.308. The van der Waals surface area contributed by atoms with Gasteiger partial charge in [0.15, 0.2) is 6.26 Å². The van der Waals surface area contributed by atoms with Crippen LogP contribution in [0.25, 0.3) is 11.3 Å². The van der Waals surface area contributed by atoms with E-state index < -0.39 is 0 Å². The van der Waals surface area contributed by atoms with Crippen LogP contribution < -0.4 is 5.32 Å². The van der Waals surface area contributed by atoms with Crippen LogP contribution in [-0.4, -0.2) is 11.5 Å². The van der Waals surface area contributed by atoms with Crippen LogP contribution in [0, 0.1) is 6.26 Å². The van der Waals surface area contributed by atoms with Crippen LogP contribution in [0.2, 0.25) is 0 Å². The van der Waals surface area contributed by atoms with Crippen molar-refractivity contribution < 1.29 is 4.42 Å². The second kappa shape index (κ2) is 4.10. The van der Waals surface area contributed by atoms with Crippen molar-refractivity contribution in [3.63, 3.8) is 0 Å². The highest BCUT2D eigenvalue weighted by Gasteiger charge is 2.22. The van der Waals surface area contributed by atoms with Gasteiger partial charge in [0, 0.05) is 29.6 Å². The highest BCUT2D eigenvalue weighted by molar-refractivity contribution is 5.60. The second-order valence-corrected chi connectivity index (χ2v) is 4.04. The van der Waals surface area contributed by atoms with Crippen molar-refractivity contribution in [1.29, 1.82) is 0 Å². The fourth-order valence-corrected chi connectivity index (χ4v) is 2.21. The molecular formula is C13H13N2O. The summed E-state index contributed by atoms with van der Waals surface area (Å²) >= 11 is 0. The lowest BCUT2D eigenvalue weighted by Gasteiger charge is -2.09. The summed E-state index contributed by atoms with van der Waals surface area (Å²) in [6.45, 7) is 1.09. The topological polar surface area (TPSA) is 38.1 Å². The molecule has 1 radical (unpaired) electrons. The molecule has 1 aliphatic heterocycles. The lowest BCUT2D eigenvalue weighted by atomic mass is 10.0. The smallest absolute Gasteiger partial charge is 0.170 e. The first-order valence-corrected chi connectivity index (χ1v) is 5.59. The van der Waals surface area contributed by atoms with Crippen molar-refractivity contribution in [2.75, 3.05) is 6.54 Å². The Morgan fingerprint density at radius 2 is 2.50 bits per heavy atom. The van der Waals surface area contributed by atoms with Gasteiger partial charge in [-0.2, -0.15) is 0 Å². The molecule has 16 heavy (non-hydrogen) atoms. The molecule has 2 aromatic rings. The second-order valence-electron chi connectivity index (χ2n) is 4.04. The summed E-state index contributed by atoms with van der Waals surface area (Å²) in [7, 11) is 0. The standard InChI is InChI=1S/C13H13N2O/c1-3-10(9-14-6-1)13-11(5-8-16-13)12-4-2-7-15-12/h1,3,5-6,9,12,15H,2,4,7H2/t12-/m0/s1. The van der Waals surface area contributed by atoms with E-state index in [1.165, 1.54) is 18.4 Å². The van der Waals surface area contributed by atoms with Crippen LogP contribution in [0.15, 0.2) is 35.0 Å². The highest BCUT2D eigenvalue weighted by Crippen LogP contribution is 2.32. The Labute approximate surface area is 94.5 Å². The highest BCUT2D eigenvalue weighted by atomic mass is 16.3. The molecule has 1 atom stereocenters. The van der Waals surface area contributed by atoms with E-state index in [0.29, 0.717) is 6.04 Å². The maximum absolute atomic E-state index is 5.46. The number of aromatic nitrogens is 1. The molecule has 1 fully saturated rings. The van der Waals surface area contributed by atoms with Gasteiger partial charge in [0.25, 0.3) is 0 Å². The van der Waals surface area contributed by atoms with E-state index in [-0.39, 0.29) is 0 Å². The Balaban J connectivity index is 1.99. The molecule has 3 rings (SSSR count). The van der Waals surface area contributed by atoms with Gasteiger partial charge in [-0.15, -0.1) is 0 Å². The lowest BCUT2D eigenvalue weighted by Crippen LogP contribution is -2.12. The van der Waals surface area contributed by atoms with Crippen LogP contribution in [0.4, 0.5) is 0 Å². The van der Waals surface area contributed by atoms with Gasteiger partial charge in [0.2, 0.25) is 0 Å². The van der Waals surface area contributed by atoms with E-state index in [9.17, 15) is 0 Å². The average Bonchev–Trinajstić information content (AvgIpc) is 3.01. The van der Waals surface area contributed by atoms with E-state index in [0.717, 1.165) is 17.9 Å². The minimum absolute atomic E-state index is 0.408. The number of hydrogen-bond acceptors (Lipinski definition) is 3.